The van der Waals surface area contributed by atoms with E-state index in [9.17, 15) is 4.79 Å². The van der Waals surface area contributed by atoms with E-state index in [4.69, 9.17) is 0 Å². The van der Waals surface area contributed by atoms with E-state index in [2.05, 4.69) is 39.6 Å². The molecule has 146 valence electrons. The highest BCUT2D eigenvalue weighted by atomic mass is 32.2. The molecule has 6 nitrogen and oxygen atoms in total. The van der Waals surface area contributed by atoms with Crippen molar-refractivity contribution in [1.29, 1.82) is 0 Å². The molecule has 7 heteroatoms. The van der Waals surface area contributed by atoms with Gasteiger partial charge in [0.1, 0.15) is 0 Å². The van der Waals surface area contributed by atoms with Crippen LogP contribution in [-0.4, -0.2) is 37.5 Å². The minimum Gasteiger partial charge on any atom is -0.355 e. The van der Waals surface area contributed by atoms with Crippen LogP contribution in [0.1, 0.15) is 31.7 Å². The molecule has 28 heavy (non-hydrogen) atoms. The summed E-state index contributed by atoms with van der Waals surface area (Å²) in [6.45, 7) is 4.66. The third-order valence-electron chi connectivity index (χ3n) is 4.71. The Morgan fingerprint density at radius 1 is 1.14 bits per heavy atom. The van der Waals surface area contributed by atoms with Crippen molar-refractivity contribution in [2.75, 3.05) is 6.54 Å². The van der Waals surface area contributed by atoms with Crippen LogP contribution in [0, 0.1) is 0 Å². The topological polar surface area (TPSA) is 72.7 Å². The number of rotatable bonds is 8. The number of carbonyl (C=O) groups is 1. The van der Waals surface area contributed by atoms with E-state index in [1.807, 2.05) is 48.9 Å². The predicted octanol–water partition coefficient (Wildman–Crippen LogP) is 3.67. The van der Waals surface area contributed by atoms with Gasteiger partial charge in [-0.1, -0.05) is 49.0 Å². The van der Waals surface area contributed by atoms with Crippen molar-refractivity contribution < 1.29 is 4.79 Å². The van der Waals surface area contributed by atoms with E-state index < -0.39 is 0 Å². The first-order chi connectivity index (χ1) is 13.6. The van der Waals surface area contributed by atoms with Crippen molar-refractivity contribution in [3.63, 3.8) is 0 Å². The van der Waals surface area contributed by atoms with E-state index in [-0.39, 0.29) is 11.2 Å². The second-order valence-electron chi connectivity index (χ2n) is 6.62. The summed E-state index contributed by atoms with van der Waals surface area (Å²) in [5.74, 6) is 1.08. The number of nitrogens with zero attached hydrogens (tertiary/aromatic N) is 4. The highest BCUT2D eigenvalue weighted by molar-refractivity contribution is 8.00. The first-order valence-electron chi connectivity index (χ1n) is 9.39. The second-order valence-corrected chi connectivity index (χ2v) is 7.93. The Kier molecular flexibility index (Phi) is 6.81. The summed E-state index contributed by atoms with van der Waals surface area (Å²) >= 11 is 1.41. The summed E-state index contributed by atoms with van der Waals surface area (Å²) in [7, 11) is 1.91. The molecule has 1 amide bonds. The Bertz CT molecular complexity index is 898. The third-order valence-corrected chi connectivity index (χ3v) is 5.85. The summed E-state index contributed by atoms with van der Waals surface area (Å²) in [6, 6.07) is 14.1. The number of hydrogen-bond donors (Lipinski definition) is 1. The normalized spacial score (nSPS) is 13.1. The Morgan fingerprint density at radius 3 is 2.54 bits per heavy atom. The monoisotopic (exact) mass is 395 g/mol. The maximum Gasteiger partial charge on any atom is 0.233 e. The van der Waals surface area contributed by atoms with Gasteiger partial charge in [0.25, 0.3) is 0 Å². The van der Waals surface area contributed by atoms with Crippen molar-refractivity contribution in [1.82, 2.24) is 25.1 Å². The van der Waals surface area contributed by atoms with Crippen LogP contribution < -0.4 is 5.32 Å². The zero-order valence-corrected chi connectivity index (χ0v) is 17.2. The lowest BCUT2D eigenvalue weighted by molar-refractivity contribution is -0.120. The van der Waals surface area contributed by atoms with Crippen molar-refractivity contribution in [3.05, 3.63) is 60.4 Å². The van der Waals surface area contributed by atoms with Crippen LogP contribution in [-0.2, 0) is 11.8 Å². The summed E-state index contributed by atoms with van der Waals surface area (Å²) in [5, 5.41) is 12.0. The molecule has 0 aliphatic heterocycles. The molecule has 0 spiro atoms. The summed E-state index contributed by atoms with van der Waals surface area (Å²) in [5.41, 5.74) is 2.20. The zero-order chi connectivity index (χ0) is 19.9. The lowest BCUT2D eigenvalue weighted by atomic mass is 9.96. The number of pyridine rings is 1. The quantitative estimate of drug-likeness (QED) is 0.589. The van der Waals surface area contributed by atoms with E-state index in [1.165, 1.54) is 17.3 Å². The van der Waals surface area contributed by atoms with E-state index in [1.54, 1.807) is 12.4 Å². The smallest absolute Gasteiger partial charge is 0.233 e. The second kappa shape index (κ2) is 9.50. The third kappa shape index (κ3) is 4.78. The number of amides is 1. The number of benzene rings is 1. The maximum atomic E-state index is 12.6. The molecule has 1 N–H and O–H groups in total. The molecule has 2 atom stereocenters. The van der Waals surface area contributed by atoms with Gasteiger partial charge in [0.05, 0.1) is 5.25 Å². The molecule has 0 bridgehead atoms. The minimum atomic E-state index is -0.263. The van der Waals surface area contributed by atoms with Gasteiger partial charge in [0.15, 0.2) is 11.0 Å². The highest BCUT2D eigenvalue weighted by Gasteiger charge is 2.20. The average molecular weight is 396 g/mol. The molecule has 0 aliphatic carbocycles. The van der Waals surface area contributed by atoms with Gasteiger partial charge in [-0.05, 0) is 31.0 Å². The predicted molar refractivity (Wildman–Crippen MR) is 112 cm³/mol. The van der Waals surface area contributed by atoms with Crippen molar-refractivity contribution in [3.8, 4) is 11.4 Å². The van der Waals surface area contributed by atoms with Crippen LogP contribution in [0.3, 0.4) is 0 Å². The number of aromatic nitrogens is 4. The van der Waals surface area contributed by atoms with Crippen LogP contribution in [0.2, 0.25) is 0 Å². The minimum absolute atomic E-state index is 0.00726. The largest absolute Gasteiger partial charge is 0.355 e. The Morgan fingerprint density at radius 2 is 1.86 bits per heavy atom. The molecular formula is C21H25N5OS. The molecule has 3 aromatic rings. The van der Waals surface area contributed by atoms with E-state index in [0.717, 1.165) is 17.8 Å². The molecule has 2 aromatic heterocycles. The van der Waals surface area contributed by atoms with Gasteiger partial charge in [0, 0.05) is 37.5 Å². The Balaban J connectivity index is 1.59. The lowest BCUT2D eigenvalue weighted by Gasteiger charge is -2.18. The molecule has 0 unspecified atom stereocenters. The average Bonchev–Trinajstić information content (AvgIpc) is 3.10. The fourth-order valence-corrected chi connectivity index (χ4v) is 3.81. The first-order valence-corrected chi connectivity index (χ1v) is 10.3. The van der Waals surface area contributed by atoms with Gasteiger partial charge in [-0.25, -0.2) is 0 Å². The van der Waals surface area contributed by atoms with Crippen LogP contribution in [0.15, 0.2) is 60.0 Å². The fraction of sp³-hybridized carbons (Fsp3) is 0.333. The highest BCUT2D eigenvalue weighted by Crippen LogP contribution is 2.25. The SMILES string of the molecule is CC[C@@H](CNC(=O)[C@@H](C)Sc1nnc(-c2ccncc2)n1C)c1ccccc1. The molecule has 0 aliphatic rings. The van der Waals surface area contributed by atoms with Gasteiger partial charge in [-0.3, -0.25) is 9.78 Å². The summed E-state index contributed by atoms with van der Waals surface area (Å²) in [4.78, 5) is 16.6. The molecule has 0 saturated heterocycles. The molecular weight excluding hydrogens is 370 g/mol. The van der Waals surface area contributed by atoms with Crippen molar-refractivity contribution in [2.45, 2.75) is 36.6 Å². The number of hydrogen-bond acceptors (Lipinski definition) is 5. The van der Waals surface area contributed by atoms with Crippen LogP contribution in [0.4, 0.5) is 0 Å². The van der Waals surface area contributed by atoms with E-state index >= 15 is 0 Å². The van der Waals surface area contributed by atoms with Crippen LogP contribution in [0.5, 0.6) is 0 Å². The van der Waals surface area contributed by atoms with Crippen molar-refractivity contribution >= 4 is 17.7 Å². The Labute approximate surface area is 169 Å². The van der Waals surface area contributed by atoms with Gasteiger partial charge in [0.2, 0.25) is 5.91 Å². The maximum absolute atomic E-state index is 12.6. The van der Waals surface area contributed by atoms with Gasteiger partial charge in [-0.2, -0.15) is 0 Å². The molecule has 1 aromatic carbocycles. The van der Waals surface area contributed by atoms with Crippen LogP contribution >= 0.6 is 11.8 Å². The zero-order valence-electron chi connectivity index (χ0n) is 16.4. The number of carbonyl (C=O) groups excluding carboxylic acids is 1. The fourth-order valence-electron chi connectivity index (χ4n) is 2.97. The van der Waals surface area contributed by atoms with Gasteiger partial charge in [-0.15, -0.1) is 10.2 Å². The summed E-state index contributed by atoms with van der Waals surface area (Å²) in [6.07, 6.45) is 4.43. The lowest BCUT2D eigenvalue weighted by Crippen LogP contribution is -2.34. The molecule has 3 rings (SSSR count). The van der Waals surface area contributed by atoms with Crippen molar-refractivity contribution in [2.24, 2.45) is 7.05 Å². The van der Waals surface area contributed by atoms with Gasteiger partial charge < -0.3 is 9.88 Å². The standard InChI is InChI=1S/C21H25N5OS/c1-4-16(17-8-6-5-7-9-17)14-23-20(27)15(2)28-21-25-24-19(26(21)3)18-10-12-22-13-11-18/h5-13,15-16H,4,14H2,1-3H3,(H,23,27)/t15-,16+/m1/s1. The first kappa shape index (κ1) is 20.1. The Hall–Kier alpha value is -2.67. The molecule has 0 saturated carbocycles. The molecule has 2 heterocycles. The number of nitrogens with one attached hydrogen (secondary N) is 1. The molecule has 0 radical (unpaired) electrons. The number of thioether (sulfide) groups is 1. The van der Waals surface area contributed by atoms with E-state index in [0.29, 0.717) is 17.6 Å². The van der Waals surface area contributed by atoms with Gasteiger partial charge >= 0.3 is 0 Å². The van der Waals surface area contributed by atoms with Crippen LogP contribution in [0.25, 0.3) is 11.4 Å². The summed E-state index contributed by atoms with van der Waals surface area (Å²) < 4.78 is 1.91. The molecule has 0 fully saturated rings.